The minimum atomic E-state index is 0.264. The minimum absolute atomic E-state index is 0.264. The number of nitrogens with zero attached hydrogens (tertiary/aromatic N) is 2. The van der Waals surface area contributed by atoms with E-state index >= 15 is 0 Å². The fourth-order valence-corrected chi connectivity index (χ4v) is 0.819. The molecule has 64 valence electrons. The molecule has 0 saturated heterocycles. The predicted octanol–water partition coefficient (Wildman–Crippen LogP) is 0.996. The topological polar surface area (TPSA) is 52.1 Å². The smallest absolute Gasteiger partial charge is 0.317 e. The number of carbonyl (C=O) groups is 1. The maximum Gasteiger partial charge on any atom is 0.317 e. The zero-order valence-electron chi connectivity index (χ0n) is 7.07. The van der Waals surface area contributed by atoms with Gasteiger partial charge in [-0.3, -0.25) is 4.79 Å². The van der Waals surface area contributed by atoms with E-state index in [9.17, 15) is 4.79 Å². The second kappa shape index (κ2) is 3.80. The van der Waals surface area contributed by atoms with Crippen LogP contribution in [0.4, 0.5) is 0 Å². The molecule has 0 N–H and O–H groups in total. The number of ether oxygens (including phenoxy) is 1. The monoisotopic (exact) mass is 166 g/mol. The van der Waals surface area contributed by atoms with Gasteiger partial charge in [0.1, 0.15) is 5.69 Å². The van der Waals surface area contributed by atoms with Crippen LogP contribution < -0.4 is 4.74 Å². The Morgan fingerprint density at radius 1 is 1.58 bits per heavy atom. The van der Waals surface area contributed by atoms with Gasteiger partial charge in [0.15, 0.2) is 6.29 Å². The number of aryl methyl sites for hydroxylation is 1. The summed E-state index contributed by atoms with van der Waals surface area (Å²) in [6, 6.07) is 1.87. The largest absolute Gasteiger partial charge is 0.464 e. The molecule has 4 nitrogen and oxygen atoms in total. The highest BCUT2D eigenvalue weighted by Gasteiger charge is 2.00. The molecule has 0 aliphatic carbocycles. The summed E-state index contributed by atoms with van der Waals surface area (Å²) < 4.78 is 5.05. The summed E-state index contributed by atoms with van der Waals surface area (Å²) in [5.41, 5.74) is 1.08. The van der Waals surface area contributed by atoms with Gasteiger partial charge in [-0.15, -0.1) is 0 Å². The van der Waals surface area contributed by atoms with Gasteiger partial charge in [0, 0.05) is 5.69 Å². The van der Waals surface area contributed by atoms with Crippen molar-refractivity contribution in [3.63, 3.8) is 0 Å². The van der Waals surface area contributed by atoms with Crippen LogP contribution in [-0.2, 0) is 0 Å². The molecule has 0 bridgehead atoms. The van der Waals surface area contributed by atoms with Crippen LogP contribution in [-0.4, -0.2) is 22.9 Å². The molecule has 0 aromatic carbocycles. The number of carbonyl (C=O) groups excluding carboxylic acids is 1. The number of aromatic nitrogens is 2. The quantitative estimate of drug-likeness (QED) is 0.628. The molecule has 0 aliphatic heterocycles. The molecule has 0 radical (unpaired) electrons. The van der Waals surface area contributed by atoms with Crippen molar-refractivity contribution in [2.75, 3.05) is 6.61 Å². The second-order valence-corrected chi connectivity index (χ2v) is 2.27. The third-order valence-electron chi connectivity index (χ3n) is 1.25. The maximum atomic E-state index is 10.4. The van der Waals surface area contributed by atoms with Crippen molar-refractivity contribution in [1.82, 2.24) is 9.97 Å². The van der Waals surface area contributed by atoms with Crippen molar-refractivity contribution in [1.29, 1.82) is 0 Å². The summed E-state index contributed by atoms with van der Waals surface area (Å²) in [6.07, 6.45) is 0.678. The van der Waals surface area contributed by atoms with Gasteiger partial charge in [-0.1, -0.05) is 0 Å². The molecule has 1 aromatic rings. The fraction of sp³-hybridized carbons (Fsp3) is 0.375. The molecule has 0 spiro atoms. The van der Waals surface area contributed by atoms with Crippen molar-refractivity contribution < 1.29 is 9.53 Å². The summed E-state index contributed by atoms with van der Waals surface area (Å²) in [7, 11) is 0. The van der Waals surface area contributed by atoms with Gasteiger partial charge in [0.25, 0.3) is 0 Å². The highest BCUT2D eigenvalue weighted by molar-refractivity contribution is 5.71. The first-order valence-corrected chi connectivity index (χ1v) is 3.70. The third-order valence-corrected chi connectivity index (χ3v) is 1.25. The second-order valence-electron chi connectivity index (χ2n) is 2.27. The van der Waals surface area contributed by atoms with Crippen LogP contribution in [0.2, 0.25) is 0 Å². The summed E-state index contributed by atoms with van der Waals surface area (Å²) in [6.45, 7) is 4.13. The van der Waals surface area contributed by atoms with Crippen molar-refractivity contribution >= 4 is 6.29 Å². The van der Waals surface area contributed by atoms with Crippen LogP contribution in [0.15, 0.2) is 6.07 Å². The average Bonchev–Trinajstić information content (AvgIpc) is 2.04. The first kappa shape index (κ1) is 8.64. The predicted molar refractivity (Wildman–Crippen MR) is 43.3 cm³/mol. The lowest BCUT2D eigenvalue weighted by atomic mass is 10.3. The van der Waals surface area contributed by atoms with E-state index in [1.165, 1.54) is 0 Å². The zero-order valence-corrected chi connectivity index (χ0v) is 7.07. The van der Waals surface area contributed by atoms with Gasteiger partial charge in [-0.05, 0) is 19.9 Å². The molecule has 0 atom stereocenters. The molecule has 12 heavy (non-hydrogen) atoms. The first-order chi connectivity index (χ1) is 5.76. The molecule has 0 saturated carbocycles. The van der Waals surface area contributed by atoms with Gasteiger partial charge in [0.05, 0.1) is 6.61 Å². The number of hydrogen-bond donors (Lipinski definition) is 0. The molecular weight excluding hydrogens is 156 g/mol. The molecule has 4 heteroatoms. The fourth-order valence-electron chi connectivity index (χ4n) is 0.819. The van der Waals surface area contributed by atoms with E-state index in [0.717, 1.165) is 5.69 Å². The molecule has 0 fully saturated rings. The summed E-state index contributed by atoms with van der Waals surface area (Å²) in [4.78, 5) is 18.2. The van der Waals surface area contributed by atoms with Gasteiger partial charge in [0.2, 0.25) is 0 Å². The average molecular weight is 166 g/mol. The summed E-state index contributed by atoms with van der Waals surface area (Å²) >= 11 is 0. The SMILES string of the molecule is CCOc1nc(C)cc(C=O)n1. The zero-order chi connectivity index (χ0) is 8.97. The highest BCUT2D eigenvalue weighted by atomic mass is 16.5. The Hall–Kier alpha value is -1.45. The number of hydrogen-bond acceptors (Lipinski definition) is 4. The molecule has 0 unspecified atom stereocenters. The molecule has 0 amide bonds. The van der Waals surface area contributed by atoms with E-state index in [4.69, 9.17) is 4.74 Å². The summed E-state index contributed by atoms with van der Waals surface area (Å²) in [5, 5.41) is 0. The van der Waals surface area contributed by atoms with Crippen LogP contribution in [0.5, 0.6) is 6.01 Å². The van der Waals surface area contributed by atoms with Crippen LogP contribution in [0.3, 0.4) is 0 Å². The van der Waals surface area contributed by atoms with Gasteiger partial charge < -0.3 is 4.74 Å². The van der Waals surface area contributed by atoms with E-state index in [1.54, 1.807) is 13.0 Å². The first-order valence-electron chi connectivity index (χ1n) is 3.70. The lowest BCUT2D eigenvalue weighted by molar-refractivity contribution is 0.111. The van der Waals surface area contributed by atoms with Crippen molar-refractivity contribution in [2.45, 2.75) is 13.8 Å². The van der Waals surface area contributed by atoms with Crippen LogP contribution in [0, 0.1) is 6.92 Å². The summed E-state index contributed by atoms with van der Waals surface area (Å²) in [5.74, 6) is 0. The van der Waals surface area contributed by atoms with E-state index in [1.807, 2.05) is 6.92 Å². The van der Waals surface area contributed by atoms with E-state index < -0.39 is 0 Å². The lowest BCUT2D eigenvalue weighted by Crippen LogP contribution is -2.01. The standard InChI is InChI=1S/C8H10N2O2/c1-3-12-8-9-6(2)4-7(5-11)10-8/h4-5H,3H2,1-2H3. The van der Waals surface area contributed by atoms with E-state index in [2.05, 4.69) is 9.97 Å². The van der Waals surface area contributed by atoms with Crippen LogP contribution >= 0.6 is 0 Å². The Kier molecular flexibility index (Phi) is 2.74. The molecular formula is C8H10N2O2. The highest BCUT2D eigenvalue weighted by Crippen LogP contribution is 2.04. The van der Waals surface area contributed by atoms with Crippen LogP contribution in [0.1, 0.15) is 23.1 Å². The molecule has 0 aliphatic rings. The van der Waals surface area contributed by atoms with Gasteiger partial charge in [-0.2, -0.15) is 4.98 Å². The normalized spacial score (nSPS) is 9.50. The van der Waals surface area contributed by atoms with E-state index in [-0.39, 0.29) is 6.01 Å². The van der Waals surface area contributed by atoms with Gasteiger partial charge in [-0.25, -0.2) is 4.98 Å². The van der Waals surface area contributed by atoms with Crippen LogP contribution in [0.25, 0.3) is 0 Å². The lowest BCUT2D eigenvalue weighted by Gasteiger charge is -2.01. The Labute approximate surface area is 70.6 Å². The Morgan fingerprint density at radius 3 is 2.92 bits per heavy atom. The Balaban J connectivity index is 2.97. The van der Waals surface area contributed by atoms with Crippen molar-refractivity contribution in [2.24, 2.45) is 0 Å². The molecule has 1 aromatic heterocycles. The Bertz CT molecular complexity index is 286. The van der Waals surface area contributed by atoms with Gasteiger partial charge >= 0.3 is 6.01 Å². The maximum absolute atomic E-state index is 10.4. The van der Waals surface area contributed by atoms with Crippen molar-refractivity contribution in [3.8, 4) is 6.01 Å². The third kappa shape index (κ3) is 2.02. The number of aldehydes is 1. The molecule has 1 rings (SSSR count). The Morgan fingerprint density at radius 2 is 2.33 bits per heavy atom. The van der Waals surface area contributed by atoms with E-state index in [0.29, 0.717) is 18.6 Å². The van der Waals surface area contributed by atoms with Crippen molar-refractivity contribution in [3.05, 3.63) is 17.5 Å². The molecule has 1 heterocycles. The minimum Gasteiger partial charge on any atom is -0.464 e. The number of rotatable bonds is 3.